The number of hydrogen-bond acceptors (Lipinski definition) is 3. The molecule has 0 aromatic heterocycles. The highest BCUT2D eigenvalue weighted by Gasteiger charge is 2.29. The van der Waals surface area contributed by atoms with E-state index in [4.69, 9.17) is 10.5 Å². The van der Waals surface area contributed by atoms with Crippen molar-refractivity contribution in [1.29, 1.82) is 0 Å². The van der Waals surface area contributed by atoms with Crippen molar-refractivity contribution in [3.8, 4) is 5.75 Å². The number of nitrogens with one attached hydrogen (secondary N) is 1. The SMILES string of the molecule is CC(Oc1ccc(F)c(F)c1)C(=O)NC1CCCC1CN.Cl. The number of carbonyl (C=O) groups excluding carboxylic acids is 1. The van der Waals surface area contributed by atoms with Crippen LogP contribution in [-0.2, 0) is 4.79 Å². The van der Waals surface area contributed by atoms with Gasteiger partial charge in [-0.15, -0.1) is 12.4 Å². The van der Waals surface area contributed by atoms with E-state index in [0.717, 1.165) is 31.4 Å². The average molecular weight is 335 g/mol. The van der Waals surface area contributed by atoms with Gasteiger partial charge in [0.1, 0.15) is 5.75 Å². The van der Waals surface area contributed by atoms with Crippen molar-refractivity contribution in [3.05, 3.63) is 29.8 Å². The Bertz CT molecular complexity index is 516. The van der Waals surface area contributed by atoms with Crippen molar-refractivity contribution >= 4 is 18.3 Å². The Labute approximate surface area is 134 Å². The van der Waals surface area contributed by atoms with E-state index in [1.54, 1.807) is 6.92 Å². The van der Waals surface area contributed by atoms with Gasteiger partial charge >= 0.3 is 0 Å². The van der Waals surface area contributed by atoms with Crippen LogP contribution in [0.15, 0.2) is 18.2 Å². The first-order chi connectivity index (χ1) is 10.0. The third kappa shape index (κ3) is 4.55. The van der Waals surface area contributed by atoms with Gasteiger partial charge in [0.2, 0.25) is 0 Å². The molecule has 124 valence electrons. The molecule has 2 rings (SSSR count). The summed E-state index contributed by atoms with van der Waals surface area (Å²) < 4.78 is 31.3. The molecule has 0 bridgehead atoms. The molecule has 1 amide bonds. The number of benzene rings is 1. The molecule has 3 atom stereocenters. The molecule has 1 saturated carbocycles. The lowest BCUT2D eigenvalue weighted by molar-refractivity contribution is -0.128. The molecule has 0 heterocycles. The molecule has 3 N–H and O–H groups in total. The molecular formula is C15H21ClF2N2O2. The van der Waals surface area contributed by atoms with Crippen molar-refractivity contribution in [1.82, 2.24) is 5.32 Å². The molecule has 1 fully saturated rings. The van der Waals surface area contributed by atoms with Crippen molar-refractivity contribution in [2.45, 2.75) is 38.3 Å². The first-order valence-corrected chi connectivity index (χ1v) is 7.13. The first-order valence-electron chi connectivity index (χ1n) is 7.13. The van der Waals surface area contributed by atoms with Crippen LogP contribution in [0.2, 0.25) is 0 Å². The maximum atomic E-state index is 13.1. The van der Waals surface area contributed by atoms with Gasteiger partial charge in [0.25, 0.3) is 5.91 Å². The Morgan fingerprint density at radius 2 is 2.14 bits per heavy atom. The number of ether oxygens (including phenoxy) is 1. The van der Waals surface area contributed by atoms with Crippen LogP contribution in [-0.4, -0.2) is 24.6 Å². The zero-order valence-corrected chi connectivity index (χ0v) is 13.2. The minimum atomic E-state index is -1.00. The number of rotatable bonds is 5. The fourth-order valence-corrected chi connectivity index (χ4v) is 2.62. The second kappa shape index (κ2) is 8.29. The van der Waals surface area contributed by atoms with Crippen molar-refractivity contribution in [2.75, 3.05) is 6.54 Å². The Hall–Kier alpha value is -1.40. The highest BCUT2D eigenvalue weighted by Crippen LogP contribution is 2.25. The largest absolute Gasteiger partial charge is 0.481 e. The molecule has 0 spiro atoms. The van der Waals surface area contributed by atoms with E-state index in [2.05, 4.69) is 5.32 Å². The maximum absolute atomic E-state index is 13.1. The van der Waals surface area contributed by atoms with Gasteiger partial charge in [0.05, 0.1) is 0 Å². The minimum absolute atomic E-state index is 0. The van der Waals surface area contributed by atoms with E-state index in [1.807, 2.05) is 0 Å². The van der Waals surface area contributed by atoms with Gasteiger partial charge in [0, 0.05) is 12.1 Å². The Morgan fingerprint density at radius 1 is 1.41 bits per heavy atom. The van der Waals surface area contributed by atoms with Crippen LogP contribution in [0.4, 0.5) is 8.78 Å². The Balaban J connectivity index is 0.00000242. The maximum Gasteiger partial charge on any atom is 0.261 e. The summed E-state index contributed by atoms with van der Waals surface area (Å²) >= 11 is 0. The molecule has 1 aliphatic carbocycles. The number of hydrogen-bond donors (Lipinski definition) is 2. The topological polar surface area (TPSA) is 64.3 Å². The molecule has 4 nitrogen and oxygen atoms in total. The molecular weight excluding hydrogens is 314 g/mol. The van der Waals surface area contributed by atoms with Crippen molar-refractivity contribution in [2.24, 2.45) is 11.7 Å². The predicted octanol–water partition coefficient (Wildman–Crippen LogP) is 2.40. The quantitative estimate of drug-likeness (QED) is 0.869. The molecule has 1 aromatic rings. The van der Waals surface area contributed by atoms with Gasteiger partial charge in [-0.2, -0.15) is 0 Å². The fraction of sp³-hybridized carbons (Fsp3) is 0.533. The van der Waals surface area contributed by atoms with Crippen LogP contribution in [0, 0.1) is 17.6 Å². The van der Waals surface area contributed by atoms with Gasteiger partial charge in [-0.05, 0) is 44.4 Å². The zero-order chi connectivity index (χ0) is 15.4. The lowest BCUT2D eigenvalue weighted by Crippen LogP contribution is -2.45. The van der Waals surface area contributed by atoms with Crippen LogP contribution in [0.5, 0.6) is 5.75 Å². The monoisotopic (exact) mass is 334 g/mol. The average Bonchev–Trinajstić information content (AvgIpc) is 2.90. The van der Waals surface area contributed by atoms with Crippen LogP contribution in [0.3, 0.4) is 0 Å². The third-order valence-electron chi connectivity index (χ3n) is 3.86. The molecule has 0 radical (unpaired) electrons. The summed E-state index contributed by atoms with van der Waals surface area (Å²) in [5, 5.41) is 2.91. The smallest absolute Gasteiger partial charge is 0.261 e. The Morgan fingerprint density at radius 3 is 2.77 bits per heavy atom. The predicted molar refractivity (Wildman–Crippen MR) is 82.0 cm³/mol. The second-order valence-corrected chi connectivity index (χ2v) is 5.38. The van der Waals surface area contributed by atoms with Gasteiger partial charge in [-0.25, -0.2) is 8.78 Å². The molecule has 3 unspecified atom stereocenters. The van der Waals surface area contributed by atoms with Crippen molar-refractivity contribution in [3.63, 3.8) is 0 Å². The summed E-state index contributed by atoms with van der Waals surface area (Å²) in [6.07, 6.45) is 2.19. The number of amides is 1. The number of halogens is 3. The molecule has 1 aliphatic rings. The van der Waals surface area contributed by atoms with Gasteiger partial charge < -0.3 is 15.8 Å². The zero-order valence-electron chi connectivity index (χ0n) is 12.4. The summed E-state index contributed by atoms with van der Waals surface area (Å²) in [5.74, 6) is -1.80. The molecule has 7 heteroatoms. The molecule has 22 heavy (non-hydrogen) atoms. The van der Waals surface area contributed by atoms with Gasteiger partial charge in [0.15, 0.2) is 17.7 Å². The fourth-order valence-electron chi connectivity index (χ4n) is 2.62. The van der Waals surface area contributed by atoms with E-state index in [9.17, 15) is 13.6 Å². The summed E-state index contributed by atoms with van der Waals surface area (Å²) in [6, 6.07) is 3.26. The summed E-state index contributed by atoms with van der Waals surface area (Å²) in [4.78, 5) is 12.1. The summed E-state index contributed by atoms with van der Waals surface area (Å²) in [7, 11) is 0. The van der Waals surface area contributed by atoms with Crippen LogP contribution in [0.25, 0.3) is 0 Å². The number of nitrogens with two attached hydrogens (primary N) is 1. The van der Waals surface area contributed by atoms with E-state index in [-0.39, 0.29) is 30.1 Å². The van der Waals surface area contributed by atoms with Crippen LogP contribution in [0.1, 0.15) is 26.2 Å². The van der Waals surface area contributed by atoms with E-state index in [0.29, 0.717) is 12.5 Å². The summed E-state index contributed by atoms with van der Waals surface area (Å²) in [5.41, 5.74) is 5.67. The lowest BCUT2D eigenvalue weighted by Gasteiger charge is -2.22. The van der Waals surface area contributed by atoms with E-state index in [1.165, 1.54) is 6.07 Å². The highest BCUT2D eigenvalue weighted by molar-refractivity contribution is 5.85. The summed E-state index contributed by atoms with van der Waals surface area (Å²) in [6.45, 7) is 2.12. The molecule has 1 aromatic carbocycles. The van der Waals surface area contributed by atoms with Gasteiger partial charge in [-0.3, -0.25) is 4.79 Å². The molecule has 0 aliphatic heterocycles. The third-order valence-corrected chi connectivity index (χ3v) is 3.86. The normalized spacial score (nSPS) is 21.8. The Kier molecular flexibility index (Phi) is 7.03. The van der Waals surface area contributed by atoms with Crippen LogP contribution >= 0.6 is 12.4 Å². The minimum Gasteiger partial charge on any atom is -0.481 e. The van der Waals surface area contributed by atoms with E-state index < -0.39 is 17.7 Å². The van der Waals surface area contributed by atoms with Crippen molar-refractivity contribution < 1.29 is 18.3 Å². The highest BCUT2D eigenvalue weighted by atomic mass is 35.5. The first kappa shape index (κ1) is 18.6. The standard InChI is InChI=1S/C15H20F2N2O2.ClH/c1-9(21-11-5-6-12(16)13(17)7-11)15(20)19-14-4-2-3-10(14)8-18;/h5-7,9-10,14H,2-4,8,18H2,1H3,(H,19,20);1H. The number of carbonyl (C=O) groups is 1. The molecule has 0 saturated heterocycles. The van der Waals surface area contributed by atoms with E-state index >= 15 is 0 Å². The van der Waals surface area contributed by atoms with Gasteiger partial charge in [-0.1, -0.05) is 6.42 Å². The lowest BCUT2D eigenvalue weighted by atomic mass is 10.0. The van der Waals surface area contributed by atoms with Crippen LogP contribution < -0.4 is 15.8 Å². The second-order valence-electron chi connectivity index (χ2n) is 5.38.